The van der Waals surface area contributed by atoms with Gasteiger partial charge in [0, 0.05) is 48.2 Å². The first-order valence-electron chi connectivity index (χ1n) is 11.2. The zero-order chi connectivity index (χ0) is 23.0. The highest BCUT2D eigenvalue weighted by molar-refractivity contribution is 6.30. The number of hydrogen-bond acceptors (Lipinski definition) is 4. The second-order valence-electron chi connectivity index (χ2n) is 8.20. The maximum absolute atomic E-state index is 12.9. The Morgan fingerprint density at radius 3 is 2.67 bits per heavy atom. The van der Waals surface area contributed by atoms with E-state index < -0.39 is 0 Å². The second kappa shape index (κ2) is 11.1. The number of aryl methyl sites for hydroxylation is 1. The monoisotopic (exact) mass is 465 g/mol. The lowest BCUT2D eigenvalue weighted by Gasteiger charge is -2.28. The van der Waals surface area contributed by atoms with Gasteiger partial charge in [0.25, 0.3) is 5.91 Å². The summed E-state index contributed by atoms with van der Waals surface area (Å²) in [6, 6.07) is 14.9. The maximum Gasteiger partial charge on any atom is 0.251 e. The van der Waals surface area contributed by atoms with Crippen molar-refractivity contribution >= 4 is 29.1 Å². The van der Waals surface area contributed by atoms with Gasteiger partial charge in [-0.2, -0.15) is 0 Å². The number of aromatic nitrogens is 2. The second-order valence-corrected chi connectivity index (χ2v) is 8.64. The van der Waals surface area contributed by atoms with Gasteiger partial charge < -0.3 is 15.2 Å². The van der Waals surface area contributed by atoms with Crippen molar-refractivity contribution in [3.63, 3.8) is 0 Å². The van der Waals surface area contributed by atoms with Gasteiger partial charge >= 0.3 is 0 Å². The molecule has 1 fully saturated rings. The molecule has 1 atom stereocenters. The van der Waals surface area contributed by atoms with E-state index in [1.54, 1.807) is 36.8 Å². The molecule has 0 radical (unpaired) electrons. The van der Waals surface area contributed by atoms with Crippen LogP contribution >= 0.6 is 11.6 Å². The third kappa shape index (κ3) is 6.43. The molecule has 0 spiro atoms. The number of rotatable bonds is 9. The molecule has 7 nitrogen and oxygen atoms in total. The predicted octanol–water partition coefficient (Wildman–Crippen LogP) is 4.13. The summed E-state index contributed by atoms with van der Waals surface area (Å²) in [6.07, 6.45) is 7.82. The molecule has 1 aromatic heterocycles. The molecule has 1 aliphatic rings. The van der Waals surface area contributed by atoms with Crippen molar-refractivity contribution in [3.8, 4) is 0 Å². The summed E-state index contributed by atoms with van der Waals surface area (Å²) in [5, 5.41) is 6.63. The van der Waals surface area contributed by atoms with Crippen LogP contribution in [0.3, 0.4) is 0 Å². The molecule has 2 N–H and O–H groups in total. The van der Waals surface area contributed by atoms with Crippen molar-refractivity contribution in [1.29, 1.82) is 0 Å². The van der Waals surface area contributed by atoms with Gasteiger partial charge in [-0.25, -0.2) is 4.98 Å². The van der Waals surface area contributed by atoms with E-state index in [2.05, 4.69) is 26.6 Å². The third-order valence-corrected chi connectivity index (χ3v) is 6.07. The van der Waals surface area contributed by atoms with Gasteiger partial charge in [-0.3, -0.25) is 14.5 Å². The number of benzene rings is 2. The molecule has 3 aromatic rings. The number of likely N-dealkylation sites (tertiary alicyclic amines) is 1. The summed E-state index contributed by atoms with van der Waals surface area (Å²) in [6.45, 7) is 3.05. The van der Waals surface area contributed by atoms with Crippen molar-refractivity contribution in [1.82, 2.24) is 19.8 Å². The van der Waals surface area contributed by atoms with Gasteiger partial charge in [0.2, 0.25) is 5.91 Å². The number of nitrogens with one attached hydrogen (secondary N) is 2. The number of carbonyl (C=O) groups excluding carboxylic acids is 2. The lowest BCUT2D eigenvalue weighted by atomic mass is 10.1. The molecule has 1 aliphatic heterocycles. The van der Waals surface area contributed by atoms with Crippen LogP contribution in [-0.4, -0.2) is 45.9 Å². The number of nitrogens with zero attached hydrogens (tertiary/aromatic N) is 3. The maximum atomic E-state index is 12.9. The molecule has 2 heterocycles. The molecular formula is C25H28ClN5O2. The van der Waals surface area contributed by atoms with E-state index in [9.17, 15) is 9.59 Å². The Morgan fingerprint density at radius 2 is 1.91 bits per heavy atom. The Bertz CT molecular complexity index is 1080. The normalized spacial score (nSPS) is 14.7. The minimum atomic E-state index is -0.171. The molecule has 0 aliphatic carbocycles. The topological polar surface area (TPSA) is 79.3 Å². The highest BCUT2D eigenvalue weighted by Crippen LogP contribution is 2.26. The third-order valence-electron chi connectivity index (χ3n) is 5.84. The Labute approximate surface area is 198 Å². The highest BCUT2D eigenvalue weighted by atomic mass is 35.5. The minimum Gasteiger partial charge on any atom is -0.350 e. The zero-order valence-corrected chi connectivity index (χ0v) is 19.2. The smallest absolute Gasteiger partial charge is 0.251 e. The molecule has 33 heavy (non-hydrogen) atoms. The summed E-state index contributed by atoms with van der Waals surface area (Å²) in [5.41, 5.74) is 2.21. The first-order chi connectivity index (χ1) is 16.1. The Hall–Kier alpha value is -3.16. The Kier molecular flexibility index (Phi) is 7.75. The van der Waals surface area contributed by atoms with Crippen LogP contribution in [0.15, 0.2) is 67.3 Å². The van der Waals surface area contributed by atoms with E-state index in [0.717, 1.165) is 31.5 Å². The number of halogens is 1. The molecular weight excluding hydrogens is 438 g/mol. The van der Waals surface area contributed by atoms with E-state index in [-0.39, 0.29) is 17.9 Å². The molecule has 2 aromatic carbocycles. The molecule has 0 bridgehead atoms. The fourth-order valence-electron chi connectivity index (χ4n) is 4.13. The van der Waals surface area contributed by atoms with E-state index in [1.165, 1.54) is 0 Å². The van der Waals surface area contributed by atoms with Crippen LogP contribution in [0.2, 0.25) is 5.02 Å². The Balaban J connectivity index is 1.36. The fourth-order valence-corrected chi connectivity index (χ4v) is 4.33. The van der Waals surface area contributed by atoms with Crippen LogP contribution in [0.1, 0.15) is 41.2 Å². The number of imidazole rings is 1. The number of hydrogen-bond donors (Lipinski definition) is 2. The van der Waals surface area contributed by atoms with Crippen LogP contribution in [-0.2, 0) is 11.3 Å². The standard InChI is InChI=1S/C25H28ClN5O2/c26-21-7-3-5-19(15-21)23(31-11-1-2-12-31)17-28-25(33)20-6-4-8-22(16-20)29-24(32)9-13-30-14-10-27-18-30/h3-8,10,14-16,18,23H,1-2,9,11-13,17H2,(H,28,33)(H,29,32). The molecule has 172 valence electrons. The summed E-state index contributed by atoms with van der Waals surface area (Å²) in [4.78, 5) is 31.5. The van der Waals surface area contributed by atoms with Crippen LogP contribution in [0.5, 0.6) is 0 Å². The van der Waals surface area contributed by atoms with Crippen molar-refractivity contribution in [3.05, 3.63) is 83.4 Å². The van der Waals surface area contributed by atoms with Crippen LogP contribution < -0.4 is 10.6 Å². The van der Waals surface area contributed by atoms with Crippen molar-refractivity contribution < 1.29 is 9.59 Å². The number of carbonyl (C=O) groups is 2. The molecule has 8 heteroatoms. The summed E-state index contributed by atoms with van der Waals surface area (Å²) in [7, 11) is 0. The van der Waals surface area contributed by atoms with E-state index in [0.29, 0.717) is 35.8 Å². The van der Waals surface area contributed by atoms with Gasteiger partial charge in [0.15, 0.2) is 0 Å². The van der Waals surface area contributed by atoms with E-state index >= 15 is 0 Å². The van der Waals surface area contributed by atoms with E-state index in [1.807, 2.05) is 29.0 Å². The molecule has 2 amide bonds. The fraction of sp³-hybridized carbons (Fsp3) is 0.320. The van der Waals surface area contributed by atoms with Gasteiger partial charge in [0.05, 0.1) is 12.4 Å². The lowest BCUT2D eigenvalue weighted by Crippen LogP contribution is -2.36. The summed E-state index contributed by atoms with van der Waals surface area (Å²) < 4.78 is 1.85. The van der Waals surface area contributed by atoms with Crippen LogP contribution in [0.25, 0.3) is 0 Å². The SMILES string of the molecule is O=C(CCn1ccnc1)Nc1cccc(C(=O)NCC(c2cccc(Cl)c2)N2CCCC2)c1. The average molecular weight is 466 g/mol. The van der Waals surface area contributed by atoms with Crippen LogP contribution in [0.4, 0.5) is 5.69 Å². The summed E-state index contributed by atoms with van der Waals surface area (Å²) >= 11 is 6.22. The van der Waals surface area contributed by atoms with Gasteiger partial charge in [-0.15, -0.1) is 0 Å². The molecule has 4 rings (SSSR count). The first-order valence-corrected chi connectivity index (χ1v) is 11.6. The zero-order valence-electron chi connectivity index (χ0n) is 18.4. The average Bonchev–Trinajstić information content (AvgIpc) is 3.53. The van der Waals surface area contributed by atoms with Gasteiger partial charge in [-0.1, -0.05) is 29.8 Å². The van der Waals surface area contributed by atoms with Gasteiger partial charge in [-0.05, 0) is 61.8 Å². The molecule has 0 saturated carbocycles. The number of anilines is 1. The van der Waals surface area contributed by atoms with Crippen LogP contribution in [0, 0.1) is 0 Å². The predicted molar refractivity (Wildman–Crippen MR) is 129 cm³/mol. The largest absolute Gasteiger partial charge is 0.350 e. The highest BCUT2D eigenvalue weighted by Gasteiger charge is 2.24. The van der Waals surface area contributed by atoms with Crippen molar-refractivity contribution in [2.75, 3.05) is 25.0 Å². The number of amides is 2. The summed E-state index contributed by atoms with van der Waals surface area (Å²) in [5.74, 6) is -0.285. The lowest BCUT2D eigenvalue weighted by molar-refractivity contribution is -0.116. The van der Waals surface area contributed by atoms with Gasteiger partial charge in [0.1, 0.15) is 0 Å². The Morgan fingerprint density at radius 1 is 1.09 bits per heavy atom. The van der Waals surface area contributed by atoms with E-state index in [4.69, 9.17) is 11.6 Å². The minimum absolute atomic E-state index is 0.0706. The molecule has 1 unspecified atom stereocenters. The first kappa shape index (κ1) is 23.0. The van der Waals surface area contributed by atoms with Crippen molar-refractivity contribution in [2.24, 2.45) is 0 Å². The van der Waals surface area contributed by atoms with Crippen molar-refractivity contribution in [2.45, 2.75) is 31.8 Å². The molecule has 1 saturated heterocycles. The quantitative estimate of drug-likeness (QED) is 0.498.